The Morgan fingerprint density at radius 1 is 1.05 bits per heavy atom. The Bertz CT molecular complexity index is 565. The summed E-state index contributed by atoms with van der Waals surface area (Å²) < 4.78 is 0. The fraction of sp³-hybridized carbons (Fsp3) is 0.533. The number of anilines is 2. The van der Waals surface area contributed by atoms with E-state index in [-0.39, 0.29) is 11.9 Å². The highest BCUT2D eigenvalue weighted by atomic mass is 16.2. The van der Waals surface area contributed by atoms with Crippen molar-refractivity contribution in [3.63, 3.8) is 0 Å². The van der Waals surface area contributed by atoms with Gasteiger partial charge >= 0.3 is 0 Å². The molecule has 0 spiro atoms. The van der Waals surface area contributed by atoms with E-state index in [1.165, 1.54) is 27.9 Å². The van der Waals surface area contributed by atoms with E-state index in [4.69, 9.17) is 0 Å². The van der Waals surface area contributed by atoms with Crippen molar-refractivity contribution in [3.8, 4) is 0 Å². The molecule has 0 aromatic heterocycles. The topological polar surface area (TPSA) is 44.4 Å². The quantitative estimate of drug-likeness (QED) is 0.744. The van der Waals surface area contributed by atoms with Gasteiger partial charge in [-0.05, 0) is 49.9 Å². The third-order valence-corrected chi connectivity index (χ3v) is 4.74. The molecule has 2 aliphatic heterocycles. The van der Waals surface area contributed by atoms with Gasteiger partial charge in [-0.2, -0.15) is 0 Å². The van der Waals surface area contributed by atoms with E-state index >= 15 is 0 Å². The molecule has 1 atom stereocenters. The zero-order chi connectivity index (χ0) is 13.7. The molecule has 2 heterocycles. The lowest BCUT2D eigenvalue weighted by Gasteiger charge is -2.43. The number of nitrogens with zero attached hydrogens (tertiary/aromatic N) is 1. The van der Waals surface area contributed by atoms with Crippen LogP contribution in [0, 0.1) is 27.7 Å². The minimum absolute atomic E-state index is 0.0681. The van der Waals surface area contributed by atoms with Crippen LogP contribution in [0.4, 0.5) is 11.4 Å². The summed E-state index contributed by atoms with van der Waals surface area (Å²) in [6, 6.07) is -0.0681. The number of fused-ring (bicyclic) bond motifs is 3. The summed E-state index contributed by atoms with van der Waals surface area (Å²) >= 11 is 0. The van der Waals surface area contributed by atoms with Crippen LogP contribution in [-0.2, 0) is 4.79 Å². The molecule has 1 aromatic carbocycles. The number of benzene rings is 1. The van der Waals surface area contributed by atoms with Gasteiger partial charge in [0.05, 0.1) is 11.4 Å². The Morgan fingerprint density at radius 2 is 1.74 bits per heavy atom. The van der Waals surface area contributed by atoms with Gasteiger partial charge in [-0.1, -0.05) is 0 Å². The normalized spacial score (nSPS) is 21.8. The third kappa shape index (κ3) is 1.66. The largest absolute Gasteiger partial charge is 0.355 e. The second-order valence-electron chi connectivity index (χ2n) is 5.63. The summed E-state index contributed by atoms with van der Waals surface area (Å²) in [6.07, 6.45) is 0. The summed E-state index contributed by atoms with van der Waals surface area (Å²) in [5.41, 5.74) is 7.36. The smallest absolute Gasteiger partial charge is 0.248 e. The molecule has 0 radical (unpaired) electrons. The van der Waals surface area contributed by atoms with Crippen molar-refractivity contribution < 1.29 is 4.79 Å². The Hall–Kier alpha value is -1.55. The first-order chi connectivity index (χ1) is 9.02. The molecule has 2 aliphatic rings. The van der Waals surface area contributed by atoms with Crippen LogP contribution < -0.4 is 15.5 Å². The lowest BCUT2D eigenvalue weighted by Crippen LogP contribution is -2.59. The number of rotatable bonds is 0. The highest BCUT2D eigenvalue weighted by molar-refractivity contribution is 6.05. The maximum absolute atomic E-state index is 12.3. The first kappa shape index (κ1) is 12.5. The highest BCUT2D eigenvalue weighted by Gasteiger charge is 2.36. The van der Waals surface area contributed by atoms with Gasteiger partial charge in [-0.15, -0.1) is 0 Å². The first-order valence-corrected chi connectivity index (χ1v) is 6.91. The molecule has 1 saturated heterocycles. The van der Waals surface area contributed by atoms with Crippen LogP contribution in [0.15, 0.2) is 0 Å². The monoisotopic (exact) mass is 259 g/mol. The molecule has 0 aliphatic carbocycles. The van der Waals surface area contributed by atoms with Crippen molar-refractivity contribution in [1.82, 2.24) is 5.32 Å². The van der Waals surface area contributed by atoms with Crippen molar-refractivity contribution >= 4 is 17.3 Å². The van der Waals surface area contributed by atoms with Gasteiger partial charge in [0.25, 0.3) is 0 Å². The maximum atomic E-state index is 12.3. The van der Waals surface area contributed by atoms with Gasteiger partial charge < -0.3 is 15.5 Å². The zero-order valence-electron chi connectivity index (χ0n) is 12.1. The summed E-state index contributed by atoms with van der Waals surface area (Å²) in [6.45, 7) is 11.1. The van der Waals surface area contributed by atoms with Crippen molar-refractivity contribution in [2.24, 2.45) is 0 Å². The molecule has 0 bridgehead atoms. The van der Waals surface area contributed by atoms with E-state index in [0.29, 0.717) is 0 Å². The number of nitrogens with one attached hydrogen (secondary N) is 2. The van der Waals surface area contributed by atoms with Crippen molar-refractivity contribution in [2.45, 2.75) is 33.7 Å². The van der Waals surface area contributed by atoms with Crippen molar-refractivity contribution in [2.75, 3.05) is 29.9 Å². The summed E-state index contributed by atoms with van der Waals surface area (Å²) in [7, 11) is 0. The molecule has 19 heavy (non-hydrogen) atoms. The number of piperazine rings is 1. The first-order valence-electron chi connectivity index (χ1n) is 6.91. The van der Waals surface area contributed by atoms with Crippen LogP contribution in [0.1, 0.15) is 22.3 Å². The number of carbonyl (C=O) groups is 1. The molecule has 4 nitrogen and oxygen atoms in total. The summed E-state index contributed by atoms with van der Waals surface area (Å²) in [5.74, 6) is 0.116. The Labute approximate surface area is 114 Å². The van der Waals surface area contributed by atoms with Gasteiger partial charge in [-0.25, -0.2) is 0 Å². The van der Waals surface area contributed by atoms with Crippen LogP contribution in [-0.4, -0.2) is 31.6 Å². The molecule has 1 aromatic rings. The molecule has 2 N–H and O–H groups in total. The molecular weight excluding hydrogens is 238 g/mol. The molecule has 0 unspecified atom stereocenters. The Balaban J connectivity index is 2.24. The van der Waals surface area contributed by atoms with Crippen LogP contribution in [0.25, 0.3) is 0 Å². The maximum Gasteiger partial charge on any atom is 0.248 e. The second-order valence-corrected chi connectivity index (χ2v) is 5.63. The Morgan fingerprint density at radius 3 is 2.47 bits per heavy atom. The lowest BCUT2D eigenvalue weighted by atomic mass is 9.92. The molecule has 4 heteroatoms. The van der Waals surface area contributed by atoms with Crippen molar-refractivity contribution in [1.29, 1.82) is 0 Å². The van der Waals surface area contributed by atoms with E-state index in [1.807, 2.05) is 0 Å². The fourth-order valence-corrected chi connectivity index (χ4v) is 3.22. The number of carbonyl (C=O) groups excluding carboxylic acids is 1. The predicted molar refractivity (Wildman–Crippen MR) is 78.0 cm³/mol. The van der Waals surface area contributed by atoms with Crippen molar-refractivity contribution in [3.05, 3.63) is 22.3 Å². The summed E-state index contributed by atoms with van der Waals surface area (Å²) in [5, 5.41) is 6.42. The SMILES string of the molecule is Cc1c(C)c(C)c2c(c1C)NC(=O)[C@H]1CNCCN21. The molecule has 1 amide bonds. The van der Waals surface area contributed by atoms with Crippen LogP contribution in [0.2, 0.25) is 0 Å². The Kier molecular flexibility index (Phi) is 2.78. The molecule has 1 fully saturated rings. The third-order valence-electron chi connectivity index (χ3n) is 4.74. The van der Waals surface area contributed by atoms with Gasteiger partial charge in [0.2, 0.25) is 5.91 Å². The van der Waals surface area contributed by atoms with Crippen LogP contribution >= 0.6 is 0 Å². The summed E-state index contributed by atoms with van der Waals surface area (Å²) in [4.78, 5) is 14.5. The van der Waals surface area contributed by atoms with Gasteiger partial charge in [0, 0.05) is 19.6 Å². The predicted octanol–water partition coefficient (Wildman–Crippen LogP) is 1.65. The van der Waals surface area contributed by atoms with E-state index < -0.39 is 0 Å². The second kappa shape index (κ2) is 4.23. The lowest BCUT2D eigenvalue weighted by molar-refractivity contribution is -0.117. The highest BCUT2D eigenvalue weighted by Crippen LogP contribution is 2.41. The molecule has 102 valence electrons. The van der Waals surface area contributed by atoms with Crippen LogP contribution in [0.3, 0.4) is 0 Å². The van der Waals surface area contributed by atoms with Gasteiger partial charge in [-0.3, -0.25) is 4.79 Å². The number of amides is 1. The van der Waals surface area contributed by atoms with Gasteiger partial charge in [0.15, 0.2) is 0 Å². The fourth-order valence-electron chi connectivity index (χ4n) is 3.22. The molecule has 0 saturated carbocycles. The van der Waals surface area contributed by atoms with Crippen LogP contribution in [0.5, 0.6) is 0 Å². The average molecular weight is 259 g/mol. The van der Waals surface area contributed by atoms with Gasteiger partial charge in [0.1, 0.15) is 6.04 Å². The molecule has 3 rings (SSSR count). The standard InChI is InChI=1S/C15H21N3O/c1-8-9(2)11(4)14-13(10(8)3)17-15(19)12-7-16-5-6-18(12)14/h12,16H,5-7H2,1-4H3,(H,17,19)/t12-/m1/s1. The minimum Gasteiger partial charge on any atom is -0.355 e. The number of hydrogen-bond acceptors (Lipinski definition) is 3. The zero-order valence-corrected chi connectivity index (χ0v) is 12.1. The van der Waals surface area contributed by atoms with E-state index in [2.05, 4.69) is 43.2 Å². The molecular formula is C15H21N3O. The van der Waals surface area contributed by atoms with E-state index in [1.54, 1.807) is 0 Å². The average Bonchev–Trinajstić information content (AvgIpc) is 2.43. The van der Waals surface area contributed by atoms with E-state index in [9.17, 15) is 4.79 Å². The minimum atomic E-state index is -0.0681. The van der Waals surface area contributed by atoms with E-state index in [0.717, 1.165) is 25.3 Å². The number of hydrogen-bond donors (Lipinski definition) is 2.